The first-order valence-corrected chi connectivity index (χ1v) is 6.12. The van der Waals surface area contributed by atoms with Crippen molar-refractivity contribution < 1.29 is 14.8 Å². The molecule has 0 saturated heterocycles. The molecule has 2 rings (SSSR count). The zero-order valence-electron chi connectivity index (χ0n) is 9.84. The lowest BCUT2D eigenvalue weighted by Crippen LogP contribution is -2.02. The molecule has 0 aliphatic rings. The maximum atomic E-state index is 10.9. The van der Waals surface area contributed by atoms with E-state index in [0.29, 0.717) is 21.2 Å². The number of carbonyl (C=O) groups is 1. The summed E-state index contributed by atoms with van der Waals surface area (Å²) in [4.78, 5) is 21.1. The van der Waals surface area contributed by atoms with E-state index >= 15 is 0 Å². The van der Waals surface area contributed by atoms with Gasteiger partial charge in [-0.25, -0.2) is 4.79 Å². The average molecular weight is 312 g/mol. The van der Waals surface area contributed by atoms with Crippen molar-refractivity contribution in [1.29, 1.82) is 0 Å². The Balaban J connectivity index is 2.61. The number of carboxylic acid groups (broad SMARTS) is 1. The van der Waals surface area contributed by atoms with E-state index in [1.807, 2.05) is 0 Å². The Morgan fingerprint density at radius 3 is 2.15 bits per heavy atom. The maximum absolute atomic E-state index is 10.9. The van der Waals surface area contributed by atoms with Crippen LogP contribution in [-0.4, -0.2) is 16.0 Å². The fourth-order valence-corrected chi connectivity index (χ4v) is 2.29. The predicted molar refractivity (Wildman–Crippen MR) is 75.5 cm³/mol. The van der Waals surface area contributed by atoms with Crippen molar-refractivity contribution in [2.45, 2.75) is 0 Å². The third-order valence-electron chi connectivity index (χ3n) is 2.62. The Morgan fingerprint density at radius 1 is 1.05 bits per heavy atom. The molecule has 0 aliphatic carbocycles. The van der Waals surface area contributed by atoms with Crippen LogP contribution in [0.5, 0.6) is 0 Å². The molecule has 0 unspecified atom stereocenters. The van der Waals surface area contributed by atoms with Crippen LogP contribution in [0.2, 0.25) is 10.0 Å². The minimum absolute atomic E-state index is 0.369. The van der Waals surface area contributed by atoms with Gasteiger partial charge in [0.05, 0.1) is 4.92 Å². The highest BCUT2D eigenvalue weighted by Gasteiger charge is 2.20. The highest BCUT2D eigenvalue weighted by atomic mass is 35.5. The van der Waals surface area contributed by atoms with E-state index in [2.05, 4.69) is 0 Å². The maximum Gasteiger partial charge on any atom is 0.342 e. The molecule has 0 radical (unpaired) electrons. The number of rotatable bonds is 3. The molecule has 0 atom stereocenters. The van der Waals surface area contributed by atoms with Gasteiger partial charge in [-0.15, -0.1) is 0 Å². The number of hydrogen-bond acceptors (Lipinski definition) is 3. The van der Waals surface area contributed by atoms with E-state index in [4.69, 9.17) is 28.3 Å². The standard InChI is InChI=1S/C13H7Cl2NO4/c14-9-3-8(4-10(15)6-9)7-1-2-11(13(17)18)12(5-7)16(19)20/h1-6H,(H,17,18). The van der Waals surface area contributed by atoms with Crippen molar-refractivity contribution in [2.24, 2.45) is 0 Å². The van der Waals surface area contributed by atoms with Crippen molar-refractivity contribution in [1.82, 2.24) is 0 Å². The third-order valence-corrected chi connectivity index (χ3v) is 3.06. The summed E-state index contributed by atoms with van der Waals surface area (Å²) in [7, 11) is 0. The van der Waals surface area contributed by atoms with Gasteiger partial charge in [-0.3, -0.25) is 10.1 Å². The SMILES string of the molecule is O=C(O)c1ccc(-c2cc(Cl)cc(Cl)c2)cc1[N+](=O)[O-]. The molecule has 0 spiro atoms. The normalized spacial score (nSPS) is 10.3. The summed E-state index contributed by atoms with van der Waals surface area (Å²) in [5, 5.41) is 20.6. The molecule has 1 N–H and O–H groups in total. The fourth-order valence-electron chi connectivity index (χ4n) is 1.76. The topological polar surface area (TPSA) is 80.4 Å². The number of hydrogen-bond donors (Lipinski definition) is 1. The minimum atomic E-state index is -1.35. The summed E-state index contributed by atoms with van der Waals surface area (Å²) < 4.78 is 0. The molecule has 0 aromatic heterocycles. The second-order valence-corrected chi connectivity index (χ2v) is 4.83. The van der Waals surface area contributed by atoms with E-state index in [0.717, 1.165) is 0 Å². The lowest BCUT2D eigenvalue weighted by Gasteiger charge is -2.05. The molecular weight excluding hydrogens is 305 g/mol. The number of halogens is 2. The molecule has 0 heterocycles. The molecule has 0 amide bonds. The Kier molecular flexibility index (Phi) is 3.92. The van der Waals surface area contributed by atoms with Crippen molar-refractivity contribution in [2.75, 3.05) is 0 Å². The molecule has 0 aliphatic heterocycles. The summed E-state index contributed by atoms with van der Waals surface area (Å²) in [5.74, 6) is -1.35. The zero-order valence-corrected chi connectivity index (χ0v) is 11.4. The van der Waals surface area contributed by atoms with Crippen molar-refractivity contribution in [3.05, 3.63) is 62.1 Å². The smallest absolute Gasteiger partial charge is 0.342 e. The van der Waals surface area contributed by atoms with Gasteiger partial charge < -0.3 is 5.11 Å². The molecular formula is C13H7Cl2NO4. The third kappa shape index (κ3) is 2.89. The minimum Gasteiger partial charge on any atom is -0.477 e. The van der Waals surface area contributed by atoms with Crippen molar-refractivity contribution in [3.63, 3.8) is 0 Å². The summed E-state index contributed by atoms with van der Waals surface area (Å²) >= 11 is 11.7. The van der Waals surface area contributed by atoms with E-state index in [9.17, 15) is 14.9 Å². The number of aromatic carboxylic acids is 1. The predicted octanol–water partition coefficient (Wildman–Crippen LogP) is 4.27. The fraction of sp³-hybridized carbons (Fsp3) is 0. The number of nitro benzene ring substituents is 1. The van der Waals surface area contributed by atoms with Gasteiger partial charge in [0, 0.05) is 16.1 Å². The number of benzene rings is 2. The number of nitrogens with zero attached hydrogens (tertiary/aromatic N) is 1. The lowest BCUT2D eigenvalue weighted by atomic mass is 10.0. The van der Waals surface area contributed by atoms with Gasteiger partial charge in [-0.1, -0.05) is 29.3 Å². The van der Waals surface area contributed by atoms with Gasteiger partial charge in [0.25, 0.3) is 5.69 Å². The molecule has 5 nitrogen and oxygen atoms in total. The molecule has 0 bridgehead atoms. The quantitative estimate of drug-likeness (QED) is 0.678. The van der Waals surface area contributed by atoms with Crippen LogP contribution in [0.1, 0.15) is 10.4 Å². The molecule has 7 heteroatoms. The Bertz CT molecular complexity index is 695. The molecule has 0 saturated carbocycles. The first-order valence-electron chi connectivity index (χ1n) is 5.36. The van der Waals surface area contributed by atoms with Gasteiger partial charge >= 0.3 is 5.97 Å². The Morgan fingerprint density at radius 2 is 1.65 bits per heavy atom. The van der Waals surface area contributed by atoms with Crippen molar-refractivity contribution in [3.8, 4) is 11.1 Å². The summed E-state index contributed by atoms with van der Waals surface area (Å²) in [6.07, 6.45) is 0. The van der Waals surface area contributed by atoms with Gasteiger partial charge in [0.2, 0.25) is 0 Å². The largest absolute Gasteiger partial charge is 0.477 e. The highest BCUT2D eigenvalue weighted by Crippen LogP contribution is 2.31. The number of carboxylic acids is 1. The van der Waals surface area contributed by atoms with Gasteiger partial charge in [0.15, 0.2) is 0 Å². The van der Waals surface area contributed by atoms with Crippen LogP contribution in [0, 0.1) is 10.1 Å². The van der Waals surface area contributed by atoms with Crippen LogP contribution >= 0.6 is 23.2 Å². The van der Waals surface area contributed by atoms with Crippen molar-refractivity contribution >= 4 is 34.9 Å². The summed E-state index contributed by atoms with van der Waals surface area (Å²) in [5.41, 5.74) is 0.187. The van der Waals surface area contributed by atoms with Crippen LogP contribution in [0.3, 0.4) is 0 Å². The summed E-state index contributed by atoms with van der Waals surface area (Å²) in [6.45, 7) is 0. The van der Waals surface area contributed by atoms with Gasteiger partial charge in [-0.05, 0) is 35.4 Å². The van der Waals surface area contributed by atoms with E-state index < -0.39 is 16.6 Å². The molecule has 0 fully saturated rings. The molecule has 2 aromatic rings. The lowest BCUT2D eigenvalue weighted by molar-refractivity contribution is -0.385. The van der Waals surface area contributed by atoms with E-state index in [1.54, 1.807) is 12.1 Å². The summed E-state index contributed by atoms with van der Waals surface area (Å²) in [6, 6.07) is 8.56. The van der Waals surface area contributed by atoms with Crippen LogP contribution in [-0.2, 0) is 0 Å². The highest BCUT2D eigenvalue weighted by molar-refractivity contribution is 6.35. The van der Waals surface area contributed by atoms with Crippen LogP contribution in [0.4, 0.5) is 5.69 Å². The second kappa shape index (κ2) is 5.48. The Hall–Kier alpha value is -2.11. The molecule has 102 valence electrons. The Labute approximate surface area is 123 Å². The van der Waals surface area contributed by atoms with Gasteiger partial charge in [0.1, 0.15) is 5.56 Å². The van der Waals surface area contributed by atoms with E-state index in [-0.39, 0.29) is 5.56 Å². The van der Waals surface area contributed by atoms with E-state index in [1.165, 1.54) is 24.3 Å². The first-order chi connectivity index (χ1) is 9.38. The number of nitro groups is 1. The van der Waals surface area contributed by atoms with Crippen LogP contribution in [0.15, 0.2) is 36.4 Å². The molecule has 20 heavy (non-hydrogen) atoms. The molecule has 2 aromatic carbocycles. The van der Waals surface area contributed by atoms with Gasteiger partial charge in [-0.2, -0.15) is 0 Å². The monoisotopic (exact) mass is 311 g/mol. The second-order valence-electron chi connectivity index (χ2n) is 3.95. The first kappa shape index (κ1) is 14.3. The average Bonchev–Trinajstić information content (AvgIpc) is 2.36. The van der Waals surface area contributed by atoms with Crippen LogP contribution < -0.4 is 0 Å². The zero-order chi connectivity index (χ0) is 14.9. The van der Waals surface area contributed by atoms with Crippen LogP contribution in [0.25, 0.3) is 11.1 Å².